The summed E-state index contributed by atoms with van der Waals surface area (Å²) >= 11 is 0. The van der Waals surface area contributed by atoms with E-state index in [1.165, 1.54) is 0 Å². The van der Waals surface area contributed by atoms with Crippen molar-refractivity contribution in [3.63, 3.8) is 0 Å². The number of hydrogen-bond donors (Lipinski definition) is 1. The van der Waals surface area contributed by atoms with Crippen molar-refractivity contribution in [3.8, 4) is 0 Å². The molecule has 0 aliphatic carbocycles. The molecule has 92 valence electrons. The number of rotatable bonds is 3. The van der Waals surface area contributed by atoms with Crippen LogP contribution in [0.5, 0.6) is 0 Å². The molecule has 0 spiro atoms. The number of ether oxygens (including phenoxy) is 1. The third kappa shape index (κ3) is 3.07. The molecule has 2 rings (SSSR count). The van der Waals surface area contributed by atoms with Crippen molar-refractivity contribution in [2.75, 3.05) is 18.9 Å². The van der Waals surface area contributed by atoms with Gasteiger partial charge in [0.15, 0.2) is 5.78 Å². The zero-order chi connectivity index (χ0) is 12.3. The van der Waals surface area contributed by atoms with Gasteiger partial charge in [-0.25, -0.2) is 0 Å². The third-order valence-electron chi connectivity index (χ3n) is 3.41. The number of anilines is 1. The van der Waals surface area contributed by atoms with Gasteiger partial charge in [-0.3, -0.25) is 4.79 Å². The van der Waals surface area contributed by atoms with Crippen LogP contribution in [-0.2, 0) is 4.74 Å². The molecule has 17 heavy (non-hydrogen) atoms. The van der Waals surface area contributed by atoms with Gasteiger partial charge in [-0.1, -0.05) is 0 Å². The fourth-order valence-corrected chi connectivity index (χ4v) is 2.18. The highest BCUT2D eigenvalue weighted by Crippen LogP contribution is 2.22. The fraction of sp³-hybridized carbons (Fsp3) is 0.500. The lowest BCUT2D eigenvalue weighted by atomic mass is 9.91. The summed E-state index contributed by atoms with van der Waals surface area (Å²) in [7, 11) is 0. The molecule has 0 aromatic heterocycles. The van der Waals surface area contributed by atoms with Crippen LogP contribution in [-0.4, -0.2) is 19.0 Å². The number of carbonyl (C=O) groups is 1. The molecule has 1 heterocycles. The summed E-state index contributed by atoms with van der Waals surface area (Å²) in [5.41, 5.74) is 8.24. The molecule has 1 aliphatic heterocycles. The van der Waals surface area contributed by atoms with E-state index in [-0.39, 0.29) is 5.78 Å². The molecular formula is C14H19NO2. The Bertz CT molecular complexity index is 409. The maximum Gasteiger partial charge on any atom is 0.163 e. The van der Waals surface area contributed by atoms with Crippen molar-refractivity contribution in [1.82, 2.24) is 0 Å². The molecule has 0 unspecified atom stereocenters. The van der Waals surface area contributed by atoms with Crippen LogP contribution in [0.4, 0.5) is 5.69 Å². The first-order valence-electron chi connectivity index (χ1n) is 6.14. The Balaban J connectivity index is 2.01. The number of benzene rings is 1. The fourth-order valence-electron chi connectivity index (χ4n) is 2.18. The molecule has 3 nitrogen and oxygen atoms in total. The number of ketones is 1. The average Bonchev–Trinajstić information content (AvgIpc) is 2.34. The Labute approximate surface area is 102 Å². The first kappa shape index (κ1) is 12.1. The quantitative estimate of drug-likeness (QED) is 0.645. The highest BCUT2D eigenvalue weighted by atomic mass is 16.5. The summed E-state index contributed by atoms with van der Waals surface area (Å²) < 4.78 is 5.29. The van der Waals surface area contributed by atoms with Crippen molar-refractivity contribution < 1.29 is 9.53 Å². The number of hydrogen-bond acceptors (Lipinski definition) is 3. The molecule has 2 N–H and O–H groups in total. The molecule has 1 aromatic carbocycles. The number of aryl methyl sites for hydroxylation is 1. The highest BCUT2D eigenvalue weighted by molar-refractivity contribution is 5.96. The van der Waals surface area contributed by atoms with E-state index in [1.807, 2.05) is 25.1 Å². The Morgan fingerprint density at radius 3 is 2.76 bits per heavy atom. The lowest BCUT2D eigenvalue weighted by Gasteiger charge is -2.21. The summed E-state index contributed by atoms with van der Waals surface area (Å²) in [5.74, 6) is 0.703. The molecule has 1 aliphatic rings. The van der Waals surface area contributed by atoms with Gasteiger partial charge < -0.3 is 10.5 Å². The number of carbonyl (C=O) groups excluding carboxylic acids is 1. The topological polar surface area (TPSA) is 52.3 Å². The molecule has 0 radical (unpaired) electrons. The van der Waals surface area contributed by atoms with E-state index >= 15 is 0 Å². The zero-order valence-corrected chi connectivity index (χ0v) is 10.2. The second-order valence-electron chi connectivity index (χ2n) is 4.75. The molecule has 0 atom stereocenters. The van der Waals surface area contributed by atoms with E-state index in [0.717, 1.165) is 42.9 Å². The second-order valence-corrected chi connectivity index (χ2v) is 4.75. The predicted molar refractivity (Wildman–Crippen MR) is 68.1 cm³/mol. The second kappa shape index (κ2) is 5.32. The van der Waals surface area contributed by atoms with Crippen molar-refractivity contribution in [2.45, 2.75) is 26.2 Å². The zero-order valence-electron chi connectivity index (χ0n) is 10.2. The lowest BCUT2D eigenvalue weighted by molar-refractivity contribution is 0.0601. The van der Waals surface area contributed by atoms with Crippen LogP contribution < -0.4 is 5.73 Å². The summed E-state index contributed by atoms with van der Waals surface area (Å²) in [6.07, 6.45) is 2.63. The van der Waals surface area contributed by atoms with Gasteiger partial charge >= 0.3 is 0 Å². The molecule has 1 saturated heterocycles. The minimum absolute atomic E-state index is 0.222. The van der Waals surface area contributed by atoms with Crippen LogP contribution in [0.25, 0.3) is 0 Å². The summed E-state index contributed by atoms with van der Waals surface area (Å²) in [6.45, 7) is 3.51. The van der Waals surface area contributed by atoms with Crippen LogP contribution in [0, 0.1) is 12.8 Å². The van der Waals surface area contributed by atoms with Crippen molar-refractivity contribution in [3.05, 3.63) is 29.3 Å². The van der Waals surface area contributed by atoms with E-state index in [9.17, 15) is 4.79 Å². The Hall–Kier alpha value is -1.35. The Morgan fingerprint density at radius 2 is 2.12 bits per heavy atom. The van der Waals surface area contributed by atoms with Gasteiger partial charge in [-0.15, -0.1) is 0 Å². The average molecular weight is 233 g/mol. The van der Waals surface area contributed by atoms with Gasteiger partial charge in [0.25, 0.3) is 0 Å². The van der Waals surface area contributed by atoms with Gasteiger partial charge in [0.05, 0.1) is 0 Å². The van der Waals surface area contributed by atoms with Gasteiger partial charge in [-0.2, -0.15) is 0 Å². The van der Waals surface area contributed by atoms with Gasteiger partial charge in [0.2, 0.25) is 0 Å². The molecule has 0 saturated carbocycles. The highest BCUT2D eigenvalue weighted by Gasteiger charge is 2.18. The first-order chi connectivity index (χ1) is 8.16. The Morgan fingerprint density at radius 1 is 1.41 bits per heavy atom. The van der Waals surface area contributed by atoms with Crippen LogP contribution in [0.15, 0.2) is 18.2 Å². The molecule has 1 aromatic rings. The van der Waals surface area contributed by atoms with E-state index in [2.05, 4.69) is 0 Å². The first-order valence-corrected chi connectivity index (χ1v) is 6.14. The van der Waals surface area contributed by atoms with E-state index in [0.29, 0.717) is 12.3 Å². The number of Topliss-reactive ketones (excluding diaryl/α,β-unsaturated/α-hetero) is 1. The van der Waals surface area contributed by atoms with Gasteiger partial charge in [0, 0.05) is 30.9 Å². The summed E-state index contributed by atoms with van der Waals surface area (Å²) in [5, 5.41) is 0. The van der Waals surface area contributed by atoms with Crippen LogP contribution in [0.3, 0.4) is 0 Å². The van der Waals surface area contributed by atoms with E-state index in [1.54, 1.807) is 0 Å². The smallest absolute Gasteiger partial charge is 0.163 e. The summed E-state index contributed by atoms with van der Waals surface area (Å²) in [6, 6.07) is 5.52. The Kier molecular flexibility index (Phi) is 3.79. The molecule has 0 amide bonds. The van der Waals surface area contributed by atoms with E-state index in [4.69, 9.17) is 10.5 Å². The predicted octanol–water partition coefficient (Wildman–Crippen LogP) is 2.58. The normalized spacial score (nSPS) is 17.0. The largest absolute Gasteiger partial charge is 0.399 e. The number of nitrogens with two attached hydrogens (primary N) is 1. The minimum Gasteiger partial charge on any atom is -0.399 e. The maximum absolute atomic E-state index is 12.1. The minimum atomic E-state index is 0.222. The molecule has 1 fully saturated rings. The molecule has 0 bridgehead atoms. The third-order valence-corrected chi connectivity index (χ3v) is 3.41. The van der Waals surface area contributed by atoms with Crippen LogP contribution in [0.2, 0.25) is 0 Å². The summed E-state index contributed by atoms with van der Waals surface area (Å²) in [4.78, 5) is 12.1. The molecular weight excluding hydrogens is 214 g/mol. The SMILES string of the molecule is Cc1cc(C(=O)CC2CCOCC2)ccc1N. The monoisotopic (exact) mass is 233 g/mol. The van der Waals surface area contributed by atoms with Gasteiger partial charge in [0.1, 0.15) is 0 Å². The van der Waals surface area contributed by atoms with Crippen molar-refractivity contribution in [2.24, 2.45) is 5.92 Å². The molecule has 3 heteroatoms. The van der Waals surface area contributed by atoms with E-state index < -0.39 is 0 Å². The lowest BCUT2D eigenvalue weighted by Crippen LogP contribution is -2.18. The van der Waals surface area contributed by atoms with Crippen molar-refractivity contribution in [1.29, 1.82) is 0 Å². The van der Waals surface area contributed by atoms with Crippen LogP contribution >= 0.6 is 0 Å². The standard InChI is InChI=1S/C14H19NO2/c1-10-8-12(2-3-13(10)15)14(16)9-11-4-6-17-7-5-11/h2-3,8,11H,4-7,9,15H2,1H3. The number of nitrogen functional groups attached to an aromatic ring is 1. The van der Waals surface area contributed by atoms with Gasteiger partial charge in [-0.05, 0) is 49.4 Å². The van der Waals surface area contributed by atoms with Crippen molar-refractivity contribution >= 4 is 11.5 Å². The maximum atomic E-state index is 12.1. The van der Waals surface area contributed by atoms with Crippen LogP contribution in [0.1, 0.15) is 35.2 Å².